The maximum absolute atomic E-state index is 11.9. The zero-order valence-electron chi connectivity index (χ0n) is 12.7. The van der Waals surface area contributed by atoms with Gasteiger partial charge in [-0.2, -0.15) is 0 Å². The van der Waals surface area contributed by atoms with Crippen molar-refractivity contribution in [3.05, 3.63) is 0 Å². The van der Waals surface area contributed by atoms with Gasteiger partial charge in [-0.1, -0.05) is 13.8 Å². The van der Waals surface area contributed by atoms with Gasteiger partial charge in [0.15, 0.2) is 0 Å². The van der Waals surface area contributed by atoms with Gasteiger partial charge < -0.3 is 15.2 Å². The molecule has 1 fully saturated rings. The first-order valence-corrected chi connectivity index (χ1v) is 7.55. The smallest absolute Gasteiger partial charge is 0.306 e. The number of rotatable bonds is 7. The largest absolute Gasteiger partial charge is 0.481 e. The summed E-state index contributed by atoms with van der Waals surface area (Å²) in [5.41, 5.74) is 0. The number of ether oxygens (including phenoxy) is 1. The Hall–Kier alpha value is -1.10. The Balaban J connectivity index is 2.23. The van der Waals surface area contributed by atoms with Crippen LogP contribution in [0.1, 0.15) is 52.9 Å². The van der Waals surface area contributed by atoms with E-state index in [2.05, 4.69) is 19.2 Å². The van der Waals surface area contributed by atoms with Crippen molar-refractivity contribution in [2.75, 3.05) is 6.61 Å². The van der Waals surface area contributed by atoms with Crippen molar-refractivity contribution in [2.24, 2.45) is 11.8 Å². The van der Waals surface area contributed by atoms with Crippen LogP contribution in [-0.4, -0.2) is 35.7 Å². The van der Waals surface area contributed by atoms with E-state index in [0.29, 0.717) is 25.4 Å². The van der Waals surface area contributed by atoms with Crippen LogP contribution in [0.4, 0.5) is 0 Å². The molecule has 0 aromatic rings. The second kappa shape index (κ2) is 8.25. The number of carboxylic acid groups (broad SMARTS) is 1. The number of nitrogens with one attached hydrogen (secondary N) is 1. The second-order valence-corrected chi connectivity index (χ2v) is 6.09. The van der Waals surface area contributed by atoms with E-state index in [0.717, 1.165) is 19.3 Å². The van der Waals surface area contributed by atoms with Crippen molar-refractivity contribution < 1.29 is 19.4 Å². The van der Waals surface area contributed by atoms with Gasteiger partial charge in [0.1, 0.15) is 6.10 Å². The number of hydrogen-bond donors (Lipinski definition) is 2. The van der Waals surface area contributed by atoms with Crippen molar-refractivity contribution in [2.45, 2.75) is 65.0 Å². The van der Waals surface area contributed by atoms with Crippen molar-refractivity contribution in [1.29, 1.82) is 0 Å². The van der Waals surface area contributed by atoms with E-state index in [1.165, 1.54) is 0 Å². The molecule has 5 nitrogen and oxygen atoms in total. The van der Waals surface area contributed by atoms with Gasteiger partial charge in [0, 0.05) is 12.6 Å². The minimum absolute atomic E-state index is 0.0902. The average molecular weight is 285 g/mol. The molecule has 0 spiro atoms. The van der Waals surface area contributed by atoms with Crippen LogP contribution < -0.4 is 5.32 Å². The summed E-state index contributed by atoms with van der Waals surface area (Å²) in [6, 6.07) is 0.0919. The predicted molar refractivity (Wildman–Crippen MR) is 76.4 cm³/mol. The van der Waals surface area contributed by atoms with Gasteiger partial charge in [-0.15, -0.1) is 0 Å². The number of aliphatic carboxylic acids is 1. The van der Waals surface area contributed by atoms with E-state index in [1.807, 2.05) is 0 Å². The molecule has 0 aliphatic heterocycles. The molecule has 1 rings (SSSR count). The summed E-state index contributed by atoms with van der Waals surface area (Å²) in [6.45, 7) is 6.60. The molecule has 0 radical (unpaired) electrons. The molecule has 1 aliphatic carbocycles. The Labute approximate surface area is 121 Å². The molecule has 0 aromatic heterocycles. The Morgan fingerprint density at radius 2 is 1.80 bits per heavy atom. The van der Waals surface area contributed by atoms with Crippen molar-refractivity contribution >= 4 is 11.9 Å². The average Bonchev–Trinajstić information content (AvgIpc) is 2.38. The highest BCUT2D eigenvalue weighted by Crippen LogP contribution is 2.24. The minimum atomic E-state index is -0.722. The second-order valence-electron chi connectivity index (χ2n) is 6.09. The molecular weight excluding hydrogens is 258 g/mol. The normalized spacial score (nSPS) is 24.4. The lowest BCUT2D eigenvalue weighted by atomic mass is 9.86. The summed E-state index contributed by atoms with van der Waals surface area (Å²) in [5, 5.41) is 11.9. The first-order valence-electron chi connectivity index (χ1n) is 7.55. The zero-order chi connectivity index (χ0) is 15.1. The summed E-state index contributed by atoms with van der Waals surface area (Å²) in [7, 11) is 0. The molecular formula is C15H27NO4. The molecule has 5 heteroatoms. The zero-order valence-corrected chi connectivity index (χ0v) is 12.7. The molecule has 0 saturated heterocycles. The molecule has 1 atom stereocenters. The predicted octanol–water partition coefficient (Wildman–Crippen LogP) is 2.20. The van der Waals surface area contributed by atoms with E-state index in [9.17, 15) is 9.59 Å². The van der Waals surface area contributed by atoms with Crippen LogP contribution in [0.3, 0.4) is 0 Å². The van der Waals surface area contributed by atoms with Gasteiger partial charge in [0.05, 0.1) is 5.92 Å². The molecule has 1 aliphatic rings. The lowest BCUT2D eigenvalue weighted by Gasteiger charge is -2.27. The number of amides is 1. The summed E-state index contributed by atoms with van der Waals surface area (Å²) in [5.74, 6) is -0.493. The van der Waals surface area contributed by atoms with Gasteiger partial charge in [0.2, 0.25) is 5.91 Å². The van der Waals surface area contributed by atoms with Gasteiger partial charge in [-0.3, -0.25) is 9.59 Å². The van der Waals surface area contributed by atoms with Crippen LogP contribution in [0, 0.1) is 11.8 Å². The molecule has 0 heterocycles. The summed E-state index contributed by atoms with van der Waals surface area (Å²) < 4.78 is 5.51. The summed E-state index contributed by atoms with van der Waals surface area (Å²) in [6.07, 6.45) is 3.27. The van der Waals surface area contributed by atoms with Crippen molar-refractivity contribution in [3.63, 3.8) is 0 Å². The van der Waals surface area contributed by atoms with Gasteiger partial charge in [-0.25, -0.2) is 0 Å². The quantitative estimate of drug-likeness (QED) is 0.752. The van der Waals surface area contributed by atoms with Gasteiger partial charge in [-0.05, 0) is 44.9 Å². The van der Waals surface area contributed by atoms with E-state index in [-0.39, 0.29) is 17.9 Å². The van der Waals surface area contributed by atoms with E-state index < -0.39 is 12.1 Å². The highest BCUT2D eigenvalue weighted by molar-refractivity contribution is 5.80. The maximum Gasteiger partial charge on any atom is 0.306 e. The number of carbonyl (C=O) groups is 2. The molecule has 20 heavy (non-hydrogen) atoms. The highest BCUT2D eigenvalue weighted by atomic mass is 16.5. The fourth-order valence-electron chi connectivity index (χ4n) is 2.36. The monoisotopic (exact) mass is 285 g/mol. The molecule has 0 aromatic carbocycles. The molecule has 1 amide bonds. The third kappa shape index (κ3) is 5.90. The lowest BCUT2D eigenvalue weighted by Crippen LogP contribution is -2.43. The summed E-state index contributed by atoms with van der Waals surface area (Å²) >= 11 is 0. The van der Waals surface area contributed by atoms with Crippen LogP contribution in [0.2, 0.25) is 0 Å². The molecule has 0 bridgehead atoms. The third-order valence-corrected chi connectivity index (χ3v) is 3.86. The Morgan fingerprint density at radius 1 is 1.20 bits per heavy atom. The fourth-order valence-corrected chi connectivity index (χ4v) is 2.36. The summed E-state index contributed by atoms with van der Waals surface area (Å²) in [4.78, 5) is 22.8. The van der Waals surface area contributed by atoms with Crippen LogP contribution in [0.25, 0.3) is 0 Å². The van der Waals surface area contributed by atoms with Crippen LogP contribution >= 0.6 is 0 Å². The lowest BCUT2D eigenvalue weighted by molar-refractivity contribution is -0.143. The molecule has 1 saturated carbocycles. The van der Waals surface area contributed by atoms with E-state index in [4.69, 9.17) is 9.84 Å². The van der Waals surface area contributed by atoms with E-state index >= 15 is 0 Å². The molecule has 116 valence electrons. The van der Waals surface area contributed by atoms with Gasteiger partial charge in [0.25, 0.3) is 0 Å². The van der Waals surface area contributed by atoms with Crippen molar-refractivity contribution in [1.82, 2.24) is 5.32 Å². The number of hydrogen-bond acceptors (Lipinski definition) is 3. The third-order valence-electron chi connectivity index (χ3n) is 3.86. The minimum Gasteiger partial charge on any atom is -0.481 e. The van der Waals surface area contributed by atoms with E-state index in [1.54, 1.807) is 6.92 Å². The Kier molecular flexibility index (Phi) is 6.99. The van der Waals surface area contributed by atoms with Crippen LogP contribution in [0.15, 0.2) is 0 Å². The first-order chi connectivity index (χ1) is 9.40. The van der Waals surface area contributed by atoms with Crippen molar-refractivity contribution in [3.8, 4) is 0 Å². The highest BCUT2D eigenvalue weighted by Gasteiger charge is 2.27. The molecule has 2 N–H and O–H groups in total. The van der Waals surface area contributed by atoms with Crippen LogP contribution in [0.5, 0.6) is 0 Å². The maximum atomic E-state index is 11.9. The number of carbonyl (C=O) groups excluding carboxylic acids is 1. The van der Waals surface area contributed by atoms with Gasteiger partial charge >= 0.3 is 5.97 Å². The number of carboxylic acids is 1. The Morgan fingerprint density at radius 3 is 2.30 bits per heavy atom. The SMILES string of the molecule is CC(C)CCOC(C)C(=O)NC1CCC(C(=O)O)CC1. The molecule has 1 unspecified atom stereocenters. The topological polar surface area (TPSA) is 75.6 Å². The Bertz CT molecular complexity index is 322. The first kappa shape index (κ1) is 17.0. The standard InChI is InChI=1S/C15H27NO4/c1-10(2)8-9-20-11(3)14(17)16-13-6-4-12(5-7-13)15(18)19/h10-13H,4-9H2,1-3H3,(H,16,17)(H,18,19). The van der Waals surface area contributed by atoms with Crippen LogP contribution in [-0.2, 0) is 14.3 Å². The fraction of sp³-hybridized carbons (Fsp3) is 0.867.